The van der Waals surface area contributed by atoms with Crippen molar-refractivity contribution in [1.82, 2.24) is 4.90 Å². The lowest BCUT2D eigenvalue weighted by atomic mass is 9.80. The molecule has 0 aromatic heterocycles. The number of carboxylic acid groups (broad SMARTS) is 1. The maximum absolute atomic E-state index is 12.6. The molecule has 0 aromatic rings. The van der Waals surface area contributed by atoms with Crippen LogP contribution in [0, 0.1) is 11.3 Å². The van der Waals surface area contributed by atoms with Crippen molar-refractivity contribution in [2.75, 3.05) is 6.61 Å². The Hall–Kier alpha value is -0.573. The predicted molar refractivity (Wildman–Crippen MR) is 150 cm³/mol. The Morgan fingerprint density at radius 1 is 1.12 bits per heavy atom. The van der Waals surface area contributed by atoms with E-state index in [9.17, 15) is 14.5 Å². The van der Waals surface area contributed by atoms with Gasteiger partial charge in [0.1, 0.15) is 16.1 Å². The summed E-state index contributed by atoms with van der Waals surface area (Å²) >= 11 is -1.27. The Bertz CT molecular complexity index is 649. The van der Waals surface area contributed by atoms with Crippen LogP contribution >= 0.6 is 0 Å². The number of hydrogen-bond acceptors (Lipinski definition) is 4. The molecule has 0 spiro atoms. The highest BCUT2D eigenvalue weighted by Crippen LogP contribution is 2.38. The Morgan fingerprint density at radius 2 is 1.65 bits per heavy atom. The van der Waals surface area contributed by atoms with Gasteiger partial charge in [0.15, 0.2) is 8.32 Å². The van der Waals surface area contributed by atoms with Gasteiger partial charge in [-0.25, -0.2) is 4.79 Å². The molecule has 0 aliphatic heterocycles. The number of amides is 1. The van der Waals surface area contributed by atoms with E-state index in [2.05, 4.69) is 72.9 Å². The summed E-state index contributed by atoms with van der Waals surface area (Å²) in [5.74, 6) is 0.382. The van der Waals surface area contributed by atoms with Crippen LogP contribution in [-0.2, 0) is 15.8 Å². The molecule has 0 aliphatic rings. The maximum atomic E-state index is 12.6. The van der Waals surface area contributed by atoms with Crippen molar-refractivity contribution >= 4 is 32.0 Å². The first kappa shape index (κ1) is 33.4. The third-order valence-corrected chi connectivity index (χ3v) is 12.5. The fraction of sp³-hybridized carbons (Fsp3) is 0.923. The van der Waals surface area contributed by atoms with Gasteiger partial charge in [-0.2, -0.15) is 0 Å². The number of carbonyl (C=O) groups is 1. The molecule has 0 aliphatic carbocycles. The van der Waals surface area contributed by atoms with Gasteiger partial charge >= 0.3 is 6.09 Å². The topological polar surface area (TPSA) is 85.2 Å². The van der Waals surface area contributed by atoms with E-state index in [0.29, 0.717) is 25.4 Å². The number of hydrogen-bond donors (Lipinski definition) is 1. The summed E-state index contributed by atoms with van der Waals surface area (Å²) in [7, 11) is -2.04. The molecule has 2 unspecified atom stereocenters. The minimum atomic E-state index is -2.04. The molecule has 1 amide bonds. The lowest BCUT2D eigenvalue weighted by molar-refractivity contribution is 0.0242. The summed E-state index contributed by atoms with van der Waals surface area (Å²) in [4.78, 5) is 14.3. The van der Waals surface area contributed by atoms with Crippen molar-refractivity contribution < 1.29 is 18.9 Å². The summed E-state index contributed by atoms with van der Waals surface area (Å²) < 4.78 is 22.5. The van der Waals surface area contributed by atoms with Gasteiger partial charge < -0.3 is 14.1 Å². The van der Waals surface area contributed by atoms with Gasteiger partial charge in [0.25, 0.3) is 0 Å². The average Bonchev–Trinajstić information content (AvgIpc) is 2.61. The monoisotopic (exact) mass is 518 g/mol. The fourth-order valence-electron chi connectivity index (χ4n) is 3.42. The molecule has 1 N–H and O–H groups in total. The molecule has 0 saturated carbocycles. The molecule has 3 atom stereocenters. The summed E-state index contributed by atoms with van der Waals surface area (Å²) in [6.45, 7) is 27.8. The average molecular weight is 519 g/mol. The van der Waals surface area contributed by atoms with E-state index in [0.717, 1.165) is 12.8 Å². The van der Waals surface area contributed by atoms with E-state index in [1.807, 2.05) is 20.8 Å². The molecule has 0 rings (SSSR count). The number of nitrogens with zero attached hydrogens (tertiary/aromatic N) is 2. The quantitative estimate of drug-likeness (QED) is 0.125. The Balaban J connectivity index is 5.81. The zero-order valence-corrected chi connectivity index (χ0v) is 26.1. The van der Waals surface area contributed by atoms with Crippen LogP contribution in [0.3, 0.4) is 0 Å². The highest BCUT2D eigenvalue weighted by molar-refractivity contribution is 7.91. The van der Waals surface area contributed by atoms with E-state index in [1.165, 1.54) is 0 Å². The third-order valence-electron chi connectivity index (χ3n) is 6.65. The first-order chi connectivity index (χ1) is 15.1. The molecular formula is C26H54N2O4SSi. The molecule has 0 heterocycles. The van der Waals surface area contributed by atoms with Crippen LogP contribution in [0.2, 0.25) is 18.1 Å². The van der Waals surface area contributed by atoms with Crippen LogP contribution in [0.25, 0.3) is 0 Å². The lowest BCUT2D eigenvalue weighted by Gasteiger charge is -2.45. The van der Waals surface area contributed by atoms with Crippen molar-refractivity contribution in [3.05, 3.63) is 0 Å². The molecule has 6 nitrogen and oxygen atoms in total. The van der Waals surface area contributed by atoms with E-state index < -0.39 is 25.8 Å². The van der Waals surface area contributed by atoms with Gasteiger partial charge in [0.2, 0.25) is 0 Å². The second-order valence-corrected chi connectivity index (χ2v) is 20.2. The normalized spacial score (nSPS) is 16.7. The largest absolute Gasteiger partial charge is 0.591 e. The molecule has 0 aromatic carbocycles. The van der Waals surface area contributed by atoms with E-state index in [-0.39, 0.29) is 27.3 Å². The number of rotatable bonds is 12. The Morgan fingerprint density at radius 3 is 2.03 bits per heavy atom. The molecule has 0 fully saturated rings. The summed E-state index contributed by atoms with van der Waals surface area (Å²) in [5, 5.41) is 10.4. The molecular weight excluding hydrogens is 464 g/mol. The molecule has 0 saturated heterocycles. The van der Waals surface area contributed by atoms with Crippen LogP contribution in [-0.4, -0.2) is 58.6 Å². The van der Waals surface area contributed by atoms with Crippen LogP contribution in [0.4, 0.5) is 4.79 Å². The Kier molecular flexibility index (Phi) is 12.9. The summed E-state index contributed by atoms with van der Waals surface area (Å²) in [5.41, 5.74) is -0.192. The highest BCUT2D eigenvalue weighted by atomic mass is 32.2. The molecule has 202 valence electrons. The summed E-state index contributed by atoms with van der Waals surface area (Å²) in [6.07, 6.45) is 3.76. The molecule has 34 heavy (non-hydrogen) atoms. The SMILES string of the molecule is CC(C)CC(N(C(=O)O)[C@@H](CCCC=N[S+]([O-])C(C)(C)C)CO[Si](C)(C)C(C)(C)C)C(C)(C)C. The van der Waals surface area contributed by atoms with Crippen LogP contribution in [0.5, 0.6) is 0 Å². The molecule has 8 heteroatoms. The number of unbranched alkanes of at least 4 members (excludes halogenated alkanes) is 1. The fourth-order valence-corrected chi connectivity index (χ4v) is 5.02. The van der Waals surface area contributed by atoms with E-state index in [4.69, 9.17) is 4.43 Å². The predicted octanol–water partition coefficient (Wildman–Crippen LogP) is 7.52. The van der Waals surface area contributed by atoms with Crippen molar-refractivity contribution in [3.8, 4) is 0 Å². The molecule has 0 bridgehead atoms. The third kappa shape index (κ3) is 11.4. The van der Waals surface area contributed by atoms with Crippen molar-refractivity contribution in [1.29, 1.82) is 0 Å². The zero-order chi connectivity index (χ0) is 27.1. The van der Waals surface area contributed by atoms with Gasteiger partial charge in [-0.3, -0.25) is 4.90 Å². The van der Waals surface area contributed by atoms with E-state index in [1.54, 1.807) is 11.1 Å². The second-order valence-electron chi connectivity index (χ2n) is 13.5. The first-order valence-corrected chi connectivity index (χ1v) is 16.7. The minimum Gasteiger partial charge on any atom is -0.591 e. The standard InChI is InChI=1S/C26H54N2O4SSi/c1-20(2)18-22(24(3,4)5)28(23(29)30)21(19-32-34(12,13)26(9,10)11)16-14-15-17-27-33(31)25(6,7)8/h17,20-22H,14-16,18-19H2,1-13H3,(H,29,30)/t21-,22?,33?/m0/s1. The van der Waals surface area contributed by atoms with Gasteiger partial charge in [0.05, 0.1) is 18.9 Å². The Labute approximate surface area is 214 Å². The lowest BCUT2D eigenvalue weighted by Crippen LogP contribution is -2.55. The van der Waals surface area contributed by atoms with Crippen LogP contribution in [0.1, 0.15) is 102 Å². The van der Waals surface area contributed by atoms with Gasteiger partial charge in [-0.05, 0) is 75.9 Å². The van der Waals surface area contributed by atoms with Crippen molar-refractivity contribution in [2.24, 2.45) is 15.7 Å². The van der Waals surface area contributed by atoms with E-state index >= 15 is 0 Å². The minimum absolute atomic E-state index is 0.0522. The zero-order valence-electron chi connectivity index (χ0n) is 24.3. The molecule has 0 radical (unpaired) electrons. The maximum Gasteiger partial charge on any atom is 0.407 e. The first-order valence-electron chi connectivity index (χ1n) is 12.7. The van der Waals surface area contributed by atoms with Crippen molar-refractivity contribution in [3.63, 3.8) is 0 Å². The van der Waals surface area contributed by atoms with Gasteiger partial charge in [-0.15, -0.1) is 0 Å². The summed E-state index contributed by atoms with van der Waals surface area (Å²) in [6, 6.07) is -0.351. The van der Waals surface area contributed by atoms with Crippen LogP contribution in [0.15, 0.2) is 4.40 Å². The highest BCUT2D eigenvalue weighted by Gasteiger charge is 2.41. The van der Waals surface area contributed by atoms with Gasteiger partial charge in [0, 0.05) is 6.04 Å². The van der Waals surface area contributed by atoms with Crippen LogP contribution < -0.4 is 0 Å². The smallest absolute Gasteiger partial charge is 0.407 e. The van der Waals surface area contributed by atoms with Gasteiger partial charge in [-0.1, -0.05) is 59.8 Å². The van der Waals surface area contributed by atoms with Crippen molar-refractivity contribution in [2.45, 2.75) is 137 Å². The second kappa shape index (κ2) is 13.1.